The van der Waals surface area contributed by atoms with Gasteiger partial charge in [-0.05, 0) is 67.3 Å². The van der Waals surface area contributed by atoms with Gasteiger partial charge in [-0.1, -0.05) is 32.9 Å². The standard InChI is InChI=1S/C18H29NO/c1-5-19-13-15-9-10-18(2,3)12-17(15)14-7-6-8-16(11-14)20-4/h6-8,11,15,17,19H,5,9-10,12-13H2,1-4H3. The first-order chi connectivity index (χ1) is 9.55. The predicted molar refractivity (Wildman–Crippen MR) is 85.4 cm³/mol. The van der Waals surface area contributed by atoms with Crippen LogP contribution < -0.4 is 10.1 Å². The van der Waals surface area contributed by atoms with Crippen LogP contribution in [0.2, 0.25) is 0 Å². The molecule has 1 aliphatic rings. The number of hydrogen-bond donors (Lipinski definition) is 1. The lowest BCUT2D eigenvalue weighted by molar-refractivity contribution is 0.160. The van der Waals surface area contributed by atoms with Crippen LogP contribution in [0.15, 0.2) is 24.3 Å². The van der Waals surface area contributed by atoms with Crippen LogP contribution in [0.4, 0.5) is 0 Å². The van der Waals surface area contributed by atoms with Gasteiger partial charge in [-0.2, -0.15) is 0 Å². The van der Waals surface area contributed by atoms with E-state index in [1.165, 1.54) is 24.8 Å². The van der Waals surface area contributed by atoms with E-state index < -0.39 is 0 Å². The molecule has 0 spiro atoms. The Morgan fingerprint density at radius 2 is 2.15 bits per heavy atom. The monoisotopic (exact) mass is 275 g/mol. The SMILES string of the molecule is CCNCC1CCC(C)(C)CC1c1cccc(OC)c1. The summed E-state index contributed by atoms with van der Waals surface area (Å²) in [7, 11) is 1.75. The van der Waals surface area contributed by atoms with E-state index in [9.17, 15) is 0 Å². The van der Waals surface area contributed by atoms with Crippen LogP contribution in [-0.4, -0.2) is 20.2 Å². The maximum absolute atomic E-state index is 5.40. The van der Waals surface area contributed by atoms with Gasteiger partial charge >= 0.3 is 0 Å². The molecule has 1 aliphatic carbocycles. The highest BCUT2D eigenvalue weighted by Crippen LogP contribution is 2.46. The molecule has 2 unspecified atom stereocenters. The minimum Gasteiger partial charge on any atom is -0.497 e. The van der Waals surface area contributed by atoms with Crippen LogP contribution in [0.25, 0.3) is 0 Å². The van der Waals surface area contributed by atoms with Crippen LogP contribution in [0.1, 0.15) is 51.5 Å². The number of rotatable bonds is 5. The molecule has 2 heteroatoms. The van der Waals surface area contributed by atoms with E-state index in [4.69, 9.17) is 4.74 Å². The Hall–Kier alpha value is -1.02. The summed E-state index contributed by atoms with van der Waals surface area (Å²) in [4.78, 5) is 0. The maximum atomic E-state index is 5.40. The van der Waals surface area contributed by atoms with Gasteiger partial charge in [0, 0.05) is 0 Å². The molecule has 1 saturated carbocycles. The van der Waals surface area contributed by atoms with Crippen LogP contribution in [0.5, 0.6) is 5.75 Å². The summed E-state index contributed by atoms with van der Waals surface area (Å²) >= 11 is 0. The predicted octanol–water partition coefficient (Wildman–Crippen LogP) is 4.21. The summed E-state index contributed by atoms with van der Waals surface area (Å²) in [6.07, 6.45) is 3.93. The van der Waals surface area contributed by atoms with Crippen molar-refractivity contribution in [2.75, 3.05) is 20.2 Å². The third-order valence-corrected chi connectivity index (χ3v) is 4.71. The molecule has 0 heterocycles. The Labute approximate surface area is 123 Å². The van der Waals surface area contributed by atoms with Gasteiger partial charge in [0.1, 0.15) is 5.75 Å². The molecule has 0 bridgehead atoms. The Balaban J connectivity index is 2.21. The van der Waals surface area contributed by atoms with E-state index in [1.54, 1.807) is 7.11 Å². The Bertz CT molecular complexity index is 427. The van der Waals surface area contributed by atoms with Gasteiger partial charge in [0.2, 0.25) is 0 Å². The summed E-state index contributed by atoms with van der Waals surface area (Å²) in [5, 5.41) is 3.54. The first kappa shape index (κ1) is 15.4. The Morgan fingerprint density at radius 3 is 2.85 bits per heavy atom. The fourth-order valence-corrected chi connectivity index (χ4v) is 3.48. The molecule has 1 aromatic rings. The average molecular weight is 275 g/mol. The van der Waals surface area contributed by atoms with Gasteiger partial charge in [-0.25, -0.2) is 0 Å². The largest absolute Gasteiger partial charge is 0.497 e. The van der Waals surface area contributed by atoms with Crippen molar-refractivity contribution >= 4 is 0 Å². The van der Waals surface area contributed by atoms with Crippen molar-refractivity contribution in [2.45, 2.75) is 46.0 Å². The molecule has 0 amide bonds. The van der Waals surface area contributed by atoms with E-state index in [2.05, 4.69) is 44.3 Å². The second kappa shape index (κ2) is 6.62. The Kier molecular flexibility index (Phi) is 5.09. The summed E-state index contributed by atoms with van der Waals surface area (Å²) < 4.78 is 5.40. The molecule has 2 nitrogen and oxygen atoms in total. The fourth-order valence-electron chi connectivity index (χ4n) is 3.48. The molecule has 112 valence electrons. The number of hydrogen-bond acceptors (Lipinski definition) is 2. The summed E-state index contributed by atoms with van der Waals surface area (Å²) in [5.74, 6) is 2.37. The zero-order valence-corrected chi connectivity index (χ0v) is 13.4. The second-order valence-corrected chi connectivity index (χ2v) is 6.86. The second-order valence-electron chi connectivity index (χ2n) is 6.86. The van der Waals surface area contributed by atoms with E-state index in [0.717, 1.165) is 24.8 Å². The molecule has 0 aliphatic heterocycles. The van der Waals surface area contributed by atoms with Crippen molar-refractivity contribution in [1.29, 1.82) is 0 Å². The third kappa shape index (κ3) is 3.76. The number of methoxy groups -OCH3 is 1. The molecular weight excluding hydrogens is 246 g/mol. The van der Waals surface area contributed by atoms with Gasteiger partial charge in [0.05, 0.1) is 7.11 Å². The number of benzene rings is 1. The highest BCUT2D eigenvalue weighted by molar-refractivity contribution is 5.31. The minimum absolute atomic E-state index is 0.455. The Morgan fingerprint density at radius 1 is 1.35 bits per heavy atom. The van der Waals surface area contributed by atoms with Gasteiger partial charge in [0.15, 0.2) is 0 Å². The van der Waals surface area contributed by atoms with Crippen molar-refractivity contribution in [3.8, 4) is 5.75 Å². The van der Waals surface area contributed by atoms with Gasteiger partial charge < -0.3 is 10.1 Å². The molecule has 2 atom stereocenters. The summed E-state index contributed by atoms with van der Waals surface area (Å²) in [6.45, 7) is 9.19. The van der Waals surface area contributed by atoms with Crippen LogP contribution in [-0.2, 0) is 0 Å². The molecule has 0 saturated heterocycles. The first-order valence-corrected chi connectivity index (χ1v) is 7.90. The van der Waals surface area contributed by atoms with E-state index in [0.29, 0.717) is 11.3 Å². The summed E-state index contributed by atoms with van der Waals surface area (Å²) in [6, 6.07) is 8.66. The summed E-state index contributed by atoms with van der Waals surface area (Å²) in [5.41, 5.74) is 1.90. The van der Waals surface area contributed by atoms with Crippen LogP contribution in [0, 0.1) is 11.3 Å². The van der Waals surface area contributed by atoms with Crippen LogP contribution in [0.3, 0.4) is 0 Å². The molecule has 2 rings (SSSR count). The zero-order chi connectivity index (χ0) is 14.6. The lowest BCUT2D eigenvalue weighted by Gasteiger charge is -2.41. The van der Waals surface area contributed by atoms with Crippen molar-refractivity contribution in [3.63, 3.8) is 0 Å². The molecule has 1 N–H and O–H groups in total. The van der Waals surface area contributed by atoms with E-state index in [-0.39, 0.29) is 0 Å². The van der Waals surface area contributed by atoms with E-state index >= 15 is 0 Å². The molecule has 20 heavy (non-hydrogen) atoms. The quantitative estimate of drug-likeness (QED) is 0.869. The number of ether oxygens (including phenoxy) is 1. The van der Waals surface area contributed by atoms with Crippen LogP contribution >= 0.6 is 0 Å². The highest BCUT2D eigenvalue weighted by atomic mass is 16.5. The third-order valence-electron chi connectivity index (χ3n) is 4.71. The lowest BCUT2D eigenvalue weighted by Crippen LogP contribution is -2.34. The zero-order valence-electron chi connectivity index (χ0n) is 13.4. The van der Waals surface area contributed by atoms with Crippen molar-refractivity contribution < 1.29 is 4.74 Å². The van der Waals surface area contributed by atoms with Gasteiger partial charge in [-0.15, -0.1) is 0 Å². The number of nitrogens with one attached hydrogen (secondary N) is 1. The molecule has 0 aromatic heterocycles. The molecule has 0 radical (unpaired) electrons. The van der Waals surface area contributed by atoms with Gasteiger partial charge in [-0.3, -0.25) is 0 Å². The smallest absolute Gasteiger partial charge is 0.119 e. The highest BCUT2D eigenvalue weighted by Gasteiger charge is 2.35. The maximum Gasteiger partial charge on any atom is 0.119 e. The lowest BCUT2D eigenvalue weighted by atomic mass is 9.65. The minimum atomic E-state index is 0.455. The first-order valence-electron chi connectivity index (χ1n) is 7.90. The molecule has 1 aromatic carbocycles. The van der Waals surface area contributed by atoms with Crippen molar-refractivity contribution in [2.24, 2.45) is 11.3 Å². The van der Waals surface area contributed by atoms with Gasteiger partial charge in [0.25, 0.3) is 0 Å². The fraction of sp³-hybridized carbons (Fsp3) is 0.667. The molecular formula is C18H29NO. The van der Waals surface area contributed by atoms with E-state index in [1.807, 2.05) is 6.07 Å². The molecule has 1 fully saturated rings. The normalized spacial score (nSPS) is 25.4. The van der Waals surface area contributed by atoms with Crippen molar-refractivity contribution in [1.82, 2.24) is 5.32 Å². The van der Waals surface area contributed by atoms with Crippen molar-refractivity contribution in [3.05, 3.63) is 29.8 Å². The topological polar surface area (TPSA) is 21.3 Å². The average Bonchev–Trinajstić information content (AvgIpc) is 2.45.